The van der Waals surface area contributed by atoms with Crippen molar-refractivity contribution in [2.24, 2.45) is 0 Å². The van der Waals surface area contributed by atoms with Gasteiger partial charge in [-0.2, -0.15) is 5.10 Å². The zero-order valence-corrected chi connectivity index (χ0v) is 8.95. The molecule has 0 unspecified atom stereocenters. The highest BCUT2D eigenvalue weighted by Crippen LogP contribution is 2.15. The van der Waals surface area contributed by atoms with Crippen LogP contribution in [0.1, 0.15) is 10.5 Å². The summed E-state index contributed by atoms with van der Waals surface area (Å²) in [5.74, 6) is -0.336. The van der Waals surface area contributed by atoms with Crippen molar-refractivity contribution in [1.29, 1.82) is 0 Å². The van der Waals surface area contributed by atoms with Crippen LogP contribution >= 0.6 is 11.6 Å². The maximum absolute atomic E-state index is 11.7. The summed E-state index contributed by atoms with van der Waals surface area (Å²) in [7, 11) is 0. The molecule has 0 aliphatic carbocycles. The molecular formula is C10H9ClN4O. The van der Waals surface area contributed by atoms with Gasteiger partial charge in [-0.25, -0.2) is 0 Å². The first-order valence-corrected chi connectivity index (χ1v) is 4.90. The van der Waals surface area contributed by atoms with Gasteiger partial charge in [-0.3, -0.25) is 9.89 Å². The minimum absolute atomic E-state index is 0.245. The van der Waals surface area contributed by atoms with Gasteiger partial charge in [0.1, 0.15) is 5.69 Å². The fourth-order valence-electron chi connectivity index (χ4n) is 1.20. The molecule has 1 aromatic heterocycles. The van der Waals surface area contributed by atoms with E-state index in [9.17, 15) is 4.79 Å². The van der Waals surface area contributed by atoms with Crippen LogP contribution in [0.2, 0.25) is 5.02 Å². The number of nitrogens with one attached hydrogen (secondary N) is 2. The Morgan fingerprint density at radius 1 is 1.38 bits per heavy atom. The van der Waals surface area contributed by atoms with Crippen molar-refractivity contribution in [3.05, 3.63) is 41.2 Å². The number of nitrogens with zero attached hydrogens (tertiary/aromatic N) is 1. The minimum Gasteiger partial charge on any atom is -0.396 e. The third-order valence-electron chi connectivity index (χ3n) is 2.00. The van der Waals surface area contributed by atoms with Gasteiger partial charge in [0.25, 0.3) is 5.91 Å². The lowest BCUT2D eigenvalue weighted by atomic mass is 10.3. The highest BCUT2D eigenvalue weighted by molar-refractivity contribution is 6.30. The molecule has 6 heteroatoms. The molecule has 0 spiro atoms. The smallest absolute Gasteiger partial charge is 0.275 e. The maximum Gasteiger partial charge on any atom is 0.275 e. The molecule has 5 nitrogen and oxygen atoms in total. The molecule has 0 aliphatic rings. The number of anilines is 2. The van der Waals surface area contributed by atoms with Gasteiger partial charge in [0.15, 0.2) is 0 Å². The van der Waals surface area contributed by atoms with Crippen LogP contribution in [0.4, 0.5) is 11.4 Å². The first kappa shape index (κ1) is 10.5. The molecule has 0 aliphatic heterocycles. The van der Waals surface area contributed by atoms with Gasteiger partial charge >= 0.3 is 0 Å². The van der Waals surface area contributed by atoms with E-state index in [2.05, 4.69) is 15.5 Å². The van der Waals surface area contributed by atoms with Gasteiger partial charge in [0, 0.05) is 10.7 Å². The molecule has 82 valence electrons. The van der Waals surface area contributed by atoms with Crippen molar-refractivity contribution in [2.75, 3.05) is 11.1 Å². The number of H-pyrrole nitrogens is 1. The molecule has 1 aromatic carbocycles. The van der Waals surface area contributed by atoms with Gasteiger partial charge in [-0.15, -0.1) is 0 Å². The van der Waals surface area contributed by atoms with E-state index in [0.717, 1.165) is 0 Å². The lowest BCUT2D eigenvalue weighted by Gasteiger charge is -2.03. The Morgan fingerprint density at radius 3 is 2.62 bits per heavy atom. The number of rotatable bonds is 2. The third-order valence-corrected chi connectivity index (χ3v) is 2.25. The number of nitrogens with two attached hydrogens (primary N) is 1. The first-order chi connectivity index (χ1) is 7.66. The molecule has 0 bridgehead atoms. The molecule has 1 amide bonds. The standard InChI is InChI=1S/C10H9ClN4O/c11-6-1-3-7(4-2-6)14-10(16)9-8(12)5-13-15-9/h1-5H,12H2,(H,13,15)(H,14,16). The summed E-state index contributed by atoms with van der Waals surface area (Å²) in [5, 5.41) is 9.46. The van der Waals surface area contributed by atoms with Gasteiger partial charge < -0.3 is 11.1 Å². The number of carbonyl (C=O) groups is 1. The fourth-order valence-corrected chi connectivity index (χ4v) is 1.33. The van der Waals surface area contributed by atoms with Crippen LogP contribution in [0.15, 0.2) is 30.5 Å². The predicted octanol–water partition coefficient (Wildman–Crippen LogP) is 1.90. The summed E-state index contributed by atoms with van der Waals surface area (Å²) in [5.41, 5.74) is 6.74. The lowest BCUT2D eigenvalue weighted by molar-refractivity contribution is 0.102. The van der Waals surface area contributed by atoms with Crippen molar-refractivity contribution >= 4 is 28.9 Å². The number of nitrogen functional groups attached to an aromatic ring is 1. The van der Waals surface area contributed by atoms with Gasteiger partial charge in [-0.1, -0.05) is 11.6 Å². The molecule has 2 aromatic rings. The molecule has 2 rings (SSSR count). The van der Waals surface area contributed by atoms with E-state index in [1.165, 1.54) is 6.20 Å². The number of amides is 1. The fraction of sp³-hybridized carbons (Fsp3) is 0. The van der Waals surface area contributed by atoms with E-state index < -0.39 is 0 Å². The summed E-state index contributed by atoms with van der Waals surface area (Å²) >= 11 is 5.72. The molecule has 0 saturated heterocycles. The van der Waals surface area contributed by atoms with Crippen molar-refractivity contribution < 1.29 is 4.79 Å². The zero-order valence-electron chi connectivity index (χ0n) is 8.20. The van der Waals surface area contributed by atoms with E-state index in [0.29, 0.717) is 16.4 Å². The number of carbonyl (C=O) groups excluding carboxylic acids is 1. The third kappa shape index (κ3) is 2.14. The van der Waals surface area contributed by atoms with Crippen LogP contribution in [-0.4, -0.2) is 16.1 Å². The highest BCUT2D eigenvalue weighted by atomic mass is 35.5. The number of aromatic nitrogens is 2. The zero-order chi connectivity index (χ0) is 11.5. The van der Waals surface area contributed by atoms with Gasteiger partial charge in [0.05, 0.1) is 11.9 Å². The number of hydrogen-bond donors (Lipinski definition) is 3. The Bertz CT molecular complexity index is 506. The predicted molar refractivity (Wildman–Crippen MR) is 62.4 cm³/mol. The Kier molecular flexibility index (Phi) is 2.78. The Balaban J connectivity index is 2.14. The van der Waals surface area contributed by atoms with Crippen LogP contribution in [0.25, 0.3) is 0 Å². The number of aromatic amines is 1. The minimum atomic E-state index is -0.336. The van der Waals surface area contributed by atoms with E-state index in [-0.39, 0.29) is 11.6 Å². The van der Waals surface area contributed by atoms with Crippen molar-refractivity contribution in [1.82, 2.24) is 10.2 Å². The first-order valence-electron chi connectivity index (χ1n) is 4.52. The Morgan fingerprint density at radius 2 is 2.06 bits per heavy atom. The van der Waals surface area contributed by atoms with Crippen molar-refractivity contribution in [2.45, 2.75) is 0 Å². The molecule has 0 radical (unpaired) electrons. The lowest BCUT2D eigenvalue weighted by Crippen LogP contribution is -2.14. The monoisotopic (exact) mass is 236 g/mol. The topological polar surface area (TPSA) is 83.8 Å². The Labute approximate surface area is 96.6 Å². The van der Waals surface area contributed by atoms with E-state index >= 15 is 0 Å². The van der Waals surface area contributed by atoms with Gasteiger partial charge in [-0.05, 0) is 24.3 Å². The normalized spacial score (nSPS) is 10.1. The van der Waals surface area contributed by atoms with Crippen LogP contribution in [0, 0.1) is 0 Å². The second-order valence-corrected chi connectivity index (χ2v) is 3.60. The quantitative estimate of drug-likeness (QED) is 0.745. The van der Waals surface area contributed by atoms with E-state index in [1.54, 1.807) is 24.3 Å². The summed E-state index contributed by atoms with van der Waals surface area (Å²) < 4.78 is 0. The molecule has 16 heavy (non-hydrogen) atoms. The number of benzene rings is 1. The van der Waals surface area contributed by atoms with E-state index in [1.807, 2.05) is 0 Å². The molecule has 1 heterocycles. The molecule has 0 atom stereocenters. The highest BCUT2D eigenvalue weighted by Gasteiger charge is 2.11. The molecule has 4 N–H and O–H groups in total. The average Bonchev–Trinajstić information content (AvgIpc) is 2.68. The van der Waals surface area contributed by atoms with Crippen molar-refractivity contribution in [3.63, 3.8) is 0 Å². The second-order valence-electron chi connectivity index (χ2n) is 3.16. The van der Waals surface area contributed by atoms with Crippen LogP contribution in [0.3, 0.4) is 0 Å². The van der Waals surface area contributed by atoms with Crippen LogP contribution in [-0.2, 0) is 0 Å². The summed E-state index contributed by atoms with van der Waals surface area (Å²) in [6.07, 6.45) is 1.39. The number of hydrogen-bond acceptors (Lipinski definition) is 3. The Hall–Kier alpha value is -2.01. The van der Waals surface area contributed by atoms with Gasteiger partial charge in [0.2, 0.25) is 0 Å². The summed E-state index contributed by atoms with van der Waals surface area (Å²) in [4.78, 5) is 11.7. The molecular weight excluding hydrogens is 228 g/mol. The van der Waals surface area contributed by atoms with Crippen LogP contribution in [0.5, 0.6) is 0 Å². The molecule has 0 fully saturated rings. The SMILES string of the molecule is Nc1cn[nH]c1C(=O)Nc1ccc(Cl)cc1. The average molecular weight is 237 g/mol. The largest absolute Gasteiger partial charge is 0.396 e. The maximum atomic E-state index is 11.7. The summed E-state index contributed by atoms with van der Waals surface area (Å²) in [6.45, 7) is 0. The van der Waals surface area contributed by atoms with Crippen LogP contribution < -0.4 is 11.1 Å². The summed E-state index contributed by atoms with van der Waals surface area (Å²) in [6, 6.07) is 6.78. The second kappa shape index (κ2) is 4.24. The molecule has 0 saturated carbocycles. The van der Waals surface area contributed by atoms with Crippen molar-refractivity contribution in [3.8, 4) is 0 Å². The van der Waals surface area contributed by atoms with E-state index in [4.69, 9.17) is 17.3 Å². The number of halogens is 1.